The third kappa shape index (κ3) is 9.51. The van der Waals surface area contributed by atoms with E-state index in [-0.39, 0.29) is 39.6 Å². The standard InChI is InChI=1S/C29H31Cl4N3O4S/c1-29(2,3)34-28(38)26(14-19-8-6-5-7-9-19)35(17-20-10-12-21(30)13-11-20)27(37)18-36(41(4,39)40)25-16-23(32)22(31)15-24(25)33/h5-13,15-16,26H,14,17-18H2,1-4H3,(H,34,38). The number of nitrogens with one attached hydrogen (secondary N) is 1. The largest absolute Gasteiger partial charge is 0.350 e. The van der Waals surface area contributed by atoms with E-state index < -0.39 is 34.1 Å². The monoisotopic (exact) mass is 657 g/mol. The molecule has 12 heteroatoms. The van der Waals surface area contributed by atoms with Crippen molar-refractivity contribution >= 4 is 73.9 Å². The van der Waals surface area contributed by atoms with Crippen molar-refractivity contribution in [2.75, 3.05) is 17.1 Å². The molecule has 0 saturated heterocycles. The Morgan fingerprint density at radius 2 is 1.44 bits per heavy atom. The van der Waals surface area contributed by atoms with Gasteiger partial charge in [0.05, 0.1) is 27.0 Å². The van der Waals surface area contributed by atoms with Gasteiger partial charge in [-0.15, -0.1) is 0 Å². The number of hydrogen-bond donors (Lipinski definition) is 1. The molecule has 0 aromatic heterocycles. The summed E-state index contributed by atoms with van der Waals surface area (Å²) in [6.07, 6.45) is 1.14. The highest BCUT2D eigenvalue weighted by Crippen LogP contribution is 2.35. The second-order valence-electron chi connectivity index (χ2n) is 10.6. The lowest BCUT2D eigenvalue weighted by atomic mass is 10.0. The number of nitrogens with zero attached hydrogens (tertiary/aromatic N) is 2. The maximum absolute atomic E-state index is 14.1. The lowest BCUT2D eigenvalue weighted by molar-refractivity contribution is -0.140. The number of carbonyl (C=O) groups excluding carboxylic acids is 2. The topological polar surface area (TPSA) is 86.8 Å². The van der Waals surface area contributed by atoms with Crippen LogP contribution in [0, 0.1) is 0 Å². The SMILES string of the molecule is CC(C)(C)NC(=O)C(Cc1ccccc1)N(Cc1ccc(Cl)cc1)C(=O)CN(c1cc(Cl)c(Cl)cc1Cl)S(C)(=O)=O. The van der Waals surface area contributed by atoms with Gasteiger partial charge in [-0.3, -0.25) is 13.9 Å². The number of hydrogen-bond acceptors (Lipinski definition) is 4. The number of anilines is 1. The van der Waals surface area contributed by atoms with Crippen molar-refractivity contribution in [1.29, 1.82) is 0 Å². The van der Waals surface area contributed by atoms with Gasteiger partial charge in [-0.2, -0.15) is 0 Å². The molecule has 3 rings (SSSR count). The minimum absolute atomic E-state index is 0.00631. The molecule has 220 valence electrons. The van der Waals surface area contributed by atoms with E-state index in [4.69, 9.17) is 46.4 Å². The number of rotatable bonds is 10. The second-order valence-corrected chi connectivity index (χ2v) is 14.1. The van der Waals surface area contributed by atoms with Crippen LogP contribution in [0.25, 0.3) is 0 Å². The lowest BCUT2D eigenvalue weighted by Crippen LogP contribution is -2.56. The first-order valence-electron chi connectivity index (χ1n) is 12.6. The highest BCUT2D eigenvalue weighted by Gasteiger charge is 2.34. The number of sulfonamides is 1. The lowest BCUT2D eigenvalue weighted by Gasteiger charge is -2.35. The maximum atomic E-state index is 14.1. The molecule has 3 aromatic carbocycles. The molecule has 41 heavy (non-hydrogen) atoms. The van der Waals surface area contributed by atoms with Gasteiger partial charge in [0, 0.05) is 23.5 Å². The van der Waals surface area contributed by atoms with Crippen LogP contribution in [0.1, 0.15) is 31.9 Å². The molecule has 2 amide bonds. The van der Waals surface area contributed by atoms with Crippen LogP contribution in [-0.2, 0) is 32.6 Å². The molecular weight excluding hydrogens is 628 g/mol. The van der Waals surface area contributed by atoms with E-state index >= 15 is 0 Å². The van der Waals surface area contributed by atoms with E-state index in [1.807, 2.05) is 51.1 Å². The third-order valence-corrected chi connectivity index (χ3v) is 8.38. The highest BCUT2D eigenvalue weighted by atomic mass is 35.5. The fraction of sp³-hybridized carbons (Fsp3) is 0.310. The maximum Gasteiger partial charge on any atom is 0.244 e. The van der Waals surface area contributed by atoms with Crippen LogP contribution < -0.4 is 9.62 Å². The molecule has 0 saturated carbocycles. The summed E-state index contributed by atoms with van der Waals surface area (Å²) in [5, 5.41) is 3.67. The van der Waals surface area contributed by atoms with Crippen molar-refractivity contribution in [2.45, 2.75) is 45.3 Å². The van der Waals surface area contributed by atoms with E-state index in [9.17, 15) is 18.0 Å². The number of amides is 2. The Morgan fingerprint density at radius 3 is 2.00 bits per heavy atom. The zero-order chi connectivity index (χ0) is 30.5. The van der Waals surface area contributed by atoms with Crippen LogP contribution in [0.4, 0.5) is 5.69 Å². The first kappa shape index (κ1) is 33.0. The average Bonchev–Trinajstić information content (AvgIpc) is 2.87. The first-order chi connectivity index (χ1) is 19.0. The van der Waals surface area contributed by atoms with Gasteiger partial charge >= 0.3 is 0 Å². The minimum atomic E-state index is -4.03. The zero-order valence-corrected chi connectivity index (χ0v) is 26.8. The first-order valence-corrected chi connectivity index (χ1v) is 15.9. The van der Waals surface area contributed by atoms with Crippen molar-refractivity contribution in [1.82, 2.24) is 10.2 Å². The molecule has 0 radical (unpaired) electrons. The predicted octanol–water partition coefficient (Wildman–Crippen LogP) is 6.62. The van der Waals surface area contributed by atoms with Gasteiger partial charge in [-0.05, 0) is 56.2 Å². The quantitative estimate of drug-likeness (QED) is 0.248. The second kappa shape index (κ2) is 13.7. The van der Waals surface area contributed by atoms with Gasteiger partial charge in [0.1, 0.15) is 12.6 Å². The van der Waals surface area contributed by atoms with E-state index in [1.54, 1.807) is 24.3 Å². The normalized spacial score (nSPS) is 12.5. The predicted molar refractivity (Wildman–Crippen MR) is 167 cm³/mol. The summed E-state index contributed by atoms with van der Waals surface area (Å²) >= 11 is 24.7. The minimum Gasteiger partial charge on any atom is -0.350 e. The van der Waals surface area contributed by atoms with Crippen molar-refractivity contribution in [2.24, 2.45) is 0 Å². The van der Waals surface area contributed by atoms with E-state index in [1.165, 1.54) is 17.0 Å². The molecule has 0 fully saturated rings. The van der Waals surface area contributed by atoms with Crippen LogP contribution in [0.3, 0.4) is 0 Å². The number of carbonyl (C=O) groups is 2. The molecule has 0 aliphatic rings. The average molecular weight is 659 g/mol. The summed E-state index contributed by atoms with van der Waals surface area (Å²) in [4.78, 5) is 29.2. The Hall–Kier alpha value is -2.49. The van der Waals surface area contributed by atoms with Crippen molar-refractivity contribution < 1.29 is 18.0 Å². The van der Waals surface area contributed by atoms with Crippen LogP contribution >= 0.6 is 46.4 Å². The van der Waals surface area contributed by atoms with Crippen molar-refractivity contribution in [3.05, 3.63) is 97.9 Å². The molecule has 1 unspecified atom stereocenters. The van der Waals surface area contributed by atoms with Crippen LogP contribution in [-0.4, -0.2) is 49.5 Å². The van der Waals surface area contributed by atoms with E-state index in [0.29, 0.717) is 10.6 Å². The Balaban J connectivity index is 2.11. The van der Waals surface area contributed by atoms with Gasteiger partial charge in [-0.25, -0.2) is 8.42 Å². The molecule has 0 spiro atoms. The number of halogens is 4. The Bertz CT molecular complexity index is 1490. The van der Waals surface area contributed by atoms with Crippen LogP contribution in [0.2, 0.25) is 20.1 Å². The van der Waals surface area contributed by atoms with Gasteiger partial charge in [0.15, 0.2) is 0 Å². The molecule has 0 aliphatic heterocycles. The molecule has 1 N–H and O–H groups in total. The molecule has 0 aliphatic carbocycles. The zero-order valence-electron chi connectivity index (χ0n) is 23.0. The van der Waals surface area contributed by atoms with Crippen LogP contribution in [0.5, 0.6) is 0 Å². The van der Waals surface area contributed by atoms with Gasteiger partial charge < -0.3 is 10.2 Å². The smallest absolute Gasteiger partial charge is 0.244 e. The van der Waals surface area contributed by atoms with Gasteiger partial charge in [0.25, 0.3) is 0 Å². The molecule has 0 bridgehead atoms. The Kier molecular flexibility index (Phi) is 11.0. The summed E-state index contributed by atoms with van der Waals surface area (Å²) < 4.78 is 26.7. The summed E-state index contributed by atoms with van der Waals surface area (Å²) in [7, 11) is -4.03. The fourth-order valence-electron chi connectivity index (χ4n) is 4.09. The summed E-state index contributed by atoms with van der Waals surface area (Å²) in [6.45, 7) is 4.89. The fourth-order valence-corrected chi connectivity index (χ4v) is 5.76. The Morgan fingerprint density at radius 1 is 0.854 bits per heavy atom. The van der Waals surface area contributed by atoms with E-state index in [0.717, 1.165) is 16.1 Å². The van der Waals surface area contributed by atoms with E-state index in [2.05, 4.69) is 5.32 Å². The third-order valence-electron chi connectivity index (χ3n) is 5.97. The summed E-state index contributed by atoms with van der Waals surface area (Å²) in [5.74, 6) is -1.01. The van der Waals surface area contributed by atoms with Gasteiger partial charge in [-0.1, -0.05) is 88.9 Å². The molecule has 0 heterocycles. The molecule has 3 aromatic rings. The highest BCUT2D eigenvalue weighted by molar-refractivity contribution is 7.92. The van der Waals surface area contributed by atoms with Crippen LogP contribution in [0.15, 0.2) is 66.7 Å². The molecular formula is C29H31Cl4N3O4S. The summed E-state index contributed by atoms with van der Waals surface area (Å²) in [5.41, 5.74) is 0.917. The van der Waals surface area contributed by atoms with Gasteiger partial charge in [0.2, 0.25) is 21.8 Å². The Labute approximate surface area is 261 Å². The number of benzene rings is 3. The van der Waals surface area contributed by atoms with Crippen molar-refractivity contribution in [3.8, 4) is 0 Å². The summed E-state index contributed by atoms with van der Waals surface area (Å²) in [6, 6.07) is 17.7. The molecule has 1 atom stereocenters. The molecule has 7 nitrogen and oxygen atoms in total. The van der Waals surface area contributed by atoms with Crippen molar-refractivity contribution in [3.63, 3.8) is 0 Å².